The molecular formula is C15H26O4. The Labute approximate surface area is 115 Å². The molecule has 1 aliphatic rings. The quantitative estimate of drug-likeness (QED) is 0.354. The molecule has 1 fully saturated rings. The first-order valence-corrected chi connectivity index (χ1v) is 7.26. The van der Waals surface area contributed by atoms with Crippen molar-refractivity contribution in [3.05, 3.63) is 12.2 Å². The molecule has 0 radical (unpaired) electrons. The molecule has 4 nitrogen and oxygen atoms in total. The van der Waals surface area contributed by atoms with E-state index in [0.717, 1.165) is 25.5 Å². The Morgan fingerprint density at radius 3 is 2.63 bits per heavy atom. The van der Waals surface area contributed by atoms with Crippen LogP contribution in [0, 0.1) is 11.8 Å². The number of rotatable bonds is 8. The normalized spacial score (nSPS) is 32.8. The van der Waals surface area contributed by atoms with Gasteiger partial charge in [0.1, 0.15) is 6.29 Å². The van der Waals surface area contributed by atoms with Crippen molar-refractivity contribution in [2.24, 2.45) is 11.8 Å². The number of unbranched alkanes of at least 4 members (excludes halogenated alkanes) is 2. The van der Waals surface area contributed by atoms with E-state index in [-0.39, 0.29) is 18.3 Å². The maximum atomic E-state index is 10.6. The molecule has 0 aromatic heterocycles. The van der Waals surface area contributed by atoms with Gasteiger partial charge in [-0.3, -0.25) is 0 Å². The van der Waals surface area contributed by atoms with Crippen LogP contribution in [0.2, 0.25) is 0 Å². The van der Waals surface area contributed by atoms with Gasteiger partial charge in [-0.15, -0.1) is 0 Å². The van der Waals surface area contributed by atoms with E-state index < -0.39 is 18.3 Å². The molecule has 5 unspecified atom stereocenters. The van der Waals surface area contributed by atoms with Crippen molar-refractivity contribution in [2.75, 3.05) is 0 Å². The van der Waals surface area contributed by atoms with E-state index in [1.54, 1.807) is 12.2 Å². The van der Waals surface area contributed by atoms with E-state index in [2.05, 4.69) is 6.92 Å². The van der Waals surface area contributed by atoms with E-state index in [9.17, 15) is 20.1 Å². The SMILES string of the molecule is CCCCCC(O)C=CC1C(O)CC(O)C1CC=O. The van der Waals surface area contributed by atoms with Gasteiger partial charge in [-0.25, -0.2) is 0 Å². The number of aliphatic hydroxyl groups is 3. The van der Waals surface area contributed by atoms with Crippen LogP contribution in [0.5, 0.6) is 0 Å². The van der Waals surface area contributed by atoms with Crippen LogP contribution in [0.15, 0.2) is 12.2 Å². The third-order valence-electron chi connectivity index (χ3n) is 3.94. The highest BCUT2D eigenvalue weighted by Gasteiger charge is 2.39. The Morgan fingerprint density at radius 2 is 2.00 bits per heavy atom. The fourth-order valence-corrected chi connectivity index (χ4v) is 2.77. The summed E-state index contributed by atoms with van der Waals surface area (Å²) in [6.45, 7) is 2.11. The van der Waals surface area contributed by atoms with E-state index in [0.29, 0.717) is 12.8 Å². The number of carbonyl (C=O) groups is 1. The van der Waals surface area contributed by atoms with Crippen LogP contribution >= 0.6 is 0 Å². The zero-order valence-electron chi connectivity index (χ0n) is 11.6. The van der Waals surface area contributed by atoms with Gasteiger partial charge in [-0.05, 0) is 6.42 Å². The fraction of sp³-hybridized carbons (Fsp3) is 0.800. The Hall–Kier alpha value is -0.710. The van der Waals surface area contributed by atoms with Crippen LogP contribution in [0.3, 0.4) is 0 Å². The largest absolute Gasteiger partial charge is 0.393 e. The highest BCUT2D eigenvalue weighted by molar-refractivity contribution is 5.50. The maximum Gasteiger partial charge on any atom is 0.120 e. The van der Waals surface area contributed by atoms with Gasteiger partial charge in [0, 0.05) is 24.7 Å². The summed E-state index contributed by atoms with van der Waals surface area (Å²) >= 11 is 0. The Morgan fingerprint density at radius 1 is 1.26 bits per heavy atom. The number of hydrogen-bond acceptors (Lipinski definition) is 4. The standard InChI is InChI=1S/C15H26O4/c1-2-3-4-5-11(17)6-7-12-13(8-9-16)15(19)10-14(12)18/h6-7,9,11-15,17-19H,2-5,8,10H2,1H3. The molecule has 110 valence electrons. The smallest absolute Gasteiger partial charge is 0.120 e. The van der Waals surface area contributed by atoms with Crippen molar-refractivity contribution in [2.45, 2.75) is 63.8 Å². The minimum atomic E-state index is -0.632. The average Bonchev–Trinajstić information content (AvgIpc) is 2.63. The van der Waals surface area contributed by atoms with Crippen molar-refractivity contribution in [1.29, 1.82) is 0 Å². The zero-order chi connectivity index (χ0) is 14.3. The topological polar surface area (TPSA) is 77.8 Å². The Balaban J connectivity index is 2.50. The van der Waals surface area contributed by atoms with E-state index in [4.69, 9.17) is 0 Å². The lowest BCUT2D eigenvalue weighted by atomic mass is 9.90. The summed E-state index contributed by atoms with van der Waals surface area (Å²) in [7, 11) is 0. The second kappa shape index (κ2) is 8.46. The van der Waals surface area contributed by atoms with Crippen LogP contribution in [0.1, 0.15) is 45.4 Å². The lowest BCUT2D eigenvalue weighted by molar-refractivity contribution is -0.109. The zero-order valence-corrected chi connectivity index (χ0v) is 11.6. The summed E-state index contributed by atoms with van der Waals surface area (Å²) in [5.41, 5.74) is 0. The molecule has 0 heterocycles. The molecule has 0 spiro atoms. The van der Waals surface area contributed by atoms with Crippen LogP contribution < -0.4 is 0 Å². The summed E-state index contributed by atoms with van der Waals surface area (Å²) in [6, 6.07) is 0. The van der Waals surface area contributed by atoms with E-state index in [1.807, 2.05) is 0 Å². The van der Waals surface area contributed by atoms with E-state index >= 15 is 0 Å². The Bertz CT molecular complexity index is 290. The van der Waals surface area contributed by atoms with Crippen molar-refractivity contribution in [1.82, 2.24) is 0 Å². The lowest BCUT2D eigenvalue weighted by Gasteiger charge is -2.18. The summed E-state index contributed by atoms with van der Waals surface area (Å²) in [6.07, 6.45) is 6.95. The average molecular weight is 270 g/mol. The predicted octanol–water partition coefficient (Wildman–Crippen LogP) is 1.43. The minimum absolute atomic E-state index is 0.230. The first-order chi connectivity index (χ1) is 9.10. The van der Waals surface area contributed by atoms with Gasteiger partial charge < -0.3 is 20.1 Å². The van der Waals surface area contributed by atoms with Crippen LogP contribution in [0.4, 0.5) is 0 Å². The molecule has 0 aliphatic heterocycles. The molecule has 4 heteroatoms. The maximum absolute atomic E-state index is 10.6. The summed E-state index contributed by atoms with van der Waals surface area (Å²) in [5, 5.41) is 29.5. The molecule has 0 saturated heterocycles. The van der Waals surface area contributed by atoms with Gasteiger partial charge in [0.15, 0.2) is 0 Å². The monoisotopic (exact) mass is 270 g/mol. The first kappa shape index (κ1) is 16.3. The molecule has 3 N–H and O–H groups in total. The van der Waals surface area contributed by atoms with Crippen LogP contribution in [-0.2, 0) is 4.79 Å². The molecule has 0 amide bonds. The predicted molar refractivity (Wildman–Crippen MR) is 73.6 cm³/mol. The molecule has 1 rings (SSSR count). The molecule has 0 aromatic carbocycles. The van der Waals surface area contributed by atoms with E-state index in [1.165, 1.54) is 0 Å². The van der Waals surface area contributed by atoms with Crippen molar-refractivity contribution in [3.8, 4) is 0 Å². The molecule has 1 saturated carbocycles. The van der Waals surface area contributed by atoms with Crippen molar-refractivity contribution in [3.63, 3.8) is 0 Å². The van der Waals surface area contributed by atoms with Crippen molar-refractivity contribution < 1.29 is 20.1 Å². The second-order valence-electron chi connectivity index (χ2n) is 5.46. The first-order valence-electron chi connectivity index (χ1n) is 7.26. The molecule has 1 aliphatic carbocycles. The molecular weight excluding hydrogens is 244 g/mol. The Kier molecular flexibility index (Phi) is 7.28. The van der Waals surface area contributed by atoms with Gasteiger partial charge in [0.2, 0.25) is 0 Å². The third kappa shape index (κ3) is 5.05. The number of aldehydes is 1. The van der Waals surface area contributed by atoms with Gasteiger partial charge in [-0.1, -0.05) is 38.3 Å². The summed E-state index contributed by atoms with van der Waals surface area (Å²) < 4.78 is 0. The van der Waals surface area contributed by atoms with Gasteiger partial charge in [-0.2, -0.15) is 0 Å². The van der Waals surface area contributed by atoms with Crippen LogP contribution in [0.25, 0.3) is 0 Å². The minimum Gasteiger partial charge on any atom is -0.393 e. The van der Waals surface area contributed by atoms with Crippen LogP contribution in [-0.4, -0.2) is 39.9 Å². The molecule has 5 atom stereocenters. The number of aliphatic hydroxyl groups excluding tert-OH is 3. The van der Waals surface area contributed by atoms with Gasteiger partial charge in [0.05, 0.1) is 18.3 Å². The molecule has 19 heavy (non-hydrogen) atoms. The second-order valence-corrected chi connectivity index (χ2v) is 5.46. The highest BCUT2D eigenvalue weighted by atomic mass is 16.3. The van der Waals surface area contributed by atoms with Crippen molar-refractivity contribution >= 4 is 6.29 Å². The molecule has 0 bridgehead atoms. The lowest BCUT2D eigenvalue weighted by Crippen LogP contribution is -2.21. The van der Waals surface area contributed by atoms with Gasteiger partial charge in [0.25, 0.3) is 0 Å². The highest BCUT2D eigenvalue weighted by Crippen LogP contribution is 2.35. The summed E-state index contributed by atoms with van der Waals surface area (Å²) in [5.74, 6) is -0.465. The summed E-state index contributed by atoms with van der Waals surface area (Å²) in [4.78, 5) is 10.6. The number of carbonyl (C=O) groups excluding carboxylic acids is 1. The molecule has 0 aromatic rings. The van der Waals surface area contributed by atoms with Gasteiger partial charge >= 0.3 is 0 Å². The third-order valence-corrected chi connectivity index (χ3v) is 3.94. The number of hydrogen-bond donors (Lipinski definition) is 3. The fourth-order valence-electron chi connectivity index (χ4n) is 2.77.